The molecule has 0 aliphatic carbocycles. The fraction of sp³-hybridized carbons (Fsp3) is 0.538. The zero-order chi connectivity index (χ0) is 13.4. The predicted octanol–water partition coefficient (Wildman–Crippen LogP) is 2.07. The first-order chi connectivity index (χ1) is 8.32. The molecule has 0 radical (unpaired) electrons. The van der Waals surface area contributed by atoms with Crippen LogP contribution in [0.1, 0.15) is 33.3 Å². The molecule has 1 aromatic heterocycles. The lowest BCUT2D eigenvalue weighted by atomic mass is 9.80. The van der Waals surface area contributed by atoms with E-state index >= 15 is 0 Å². The lowest BCUT2D eigenvalue weighted by Crippen LogP contribution is -2.41. The molecule has 0 spiro atoms. The third kappa shape index (κ3) is 2.47. The summed E-state index contributed by atoms with van der Waals surface area (Å²) in [5.41, 5.74) is 1.49. The molecule has 1 saturated heterocycles. The number of rotatable bonds is 1. The van der Waals surface area contributed by atoms with Crippen molar-refractivity contribution in [2.75, 3.05) is 0 Å². The summed E-state index contributed by atoms with van der Waals surface area (Å²) in [5, 5.41) is 5.94. The van der Waals surface area contributed by atoms with E-state index in [2.05, 4.69) is 44.0 Å². The summed E-state index contributed by atoms with van der Waals surface area (Å²) in [6.45, 7) is 10.3. The van der Waals surface area contributed by atoms with E-state index in [0.717, 1.165) is 11.0 Å². The van der Waals surface area contributed by atoms with Crippen molar-refractivity contribution in [3.63, 3.8) is 0 Å². The van der Waals surface area contributed by atoms with Crippen molar-refractivity contribution in [1.29, 1.82) is 0 Å². The third-order valence-corrected chi connectivity index (χ3v) is 3.67. The summed E-state index contributed by atoms with van der Waals surface area (Å²) >= 11 is 0. The topological polar surface area (TPSA) is 50.0 Å². The smallest absolute Gasteiger partial charge is 0.399 e. The second-order valence-corrected chi connectivity index (χ2v) is 5.74. The van der Waals surface area contributed by atoms with E-state index in [1.54, 1.807) is 0 Å². The molecular formula is C13H21BN2O2. The first-order valence-corrected chi connectivity index (χ1v) is 6.23. The summed E-state index contributed by atoms with van der Waals surface area (Å²) in [5.74, 6) is 0. The maximum Gasteiger partial charge on any atom is 0.496 e. The van der Waals surface area contributed by atoms with Crippen LogP contribution in [0.15, 0.2) is 24.5 Å². The number of hydrogen-bond acceptors (Lipinski definition) is 2. The number of hydrogen-bond donors (Lipinski definition) is 2. The second kappa shape index (κ2) is 4.48. The number of nitrogens with one attached hydrogen (secondary N) is 2. The minimum atomic E-state index is -0.342. The molecule has 0 bridgehead atoms. The molecule has 0 saturated carbocycles. The molecule has 2 heterocycles. The van der Waals surface area contributed by atoms with Crippen molar-refractivity contribution >= 4 is 12.6 Å². The van der Waals surface area contributed by atoms with Crippen LogP contribution in [0.2, 0.25) is 0 Å². The zero-order valence-electron chi connectivity index (χ0n) is 11.7. The first-order valence-electron chi connectivity index (χ1n) is 6.23. The zero-order valence-corrected chi connectivity index (χ0v) is 11.7. The molecule has 0 unspecified atom stereocenters. The Morgan fingerprint density at radius 1 is 1.06 bits per heavy atom. The van der Waals surface area contributed by atoms with Gasteiger partial charge in [0.05, 0.1) is 11.2 Å². The first kappa shape index (κ1) is 13.2. The molecule has 0 aromatic carbocycles. The van der Waals surface area contributed by atoms with E-state index < -0.39 is 0 Å². The van der Waals surface area contributed by atoms with Crippen molar-refractivity contribution in [3.8, 4) is 0 Å². The Kier molecular flexibility index (Phi) is 3.30. The monoisotopic (exact) mass is 248 g/mol. The van der Waals surface area contributed by atoms with E-state index in [0.29, 0.717) is 0 Å². The molecule has 18 heavy (non-hydrogen) atoms. The molecule has 4 nitrogen and oxygen atoms in total. The van der Waals surface area contributed by atoms with Crippen LogP contribution < -0.4 is 5.46 Å². The van der Waals surface area contributed by atoms with Crippen LogP contribution in [0.3, 0.4) is 0 Å². The highest BCUT2D eigenvalue weighted by Gasteiger charge is 2.51. The van der Waals surface area contributed by atoms with Gasteiger partial charge in [0.1, 0.15) is 0 Å². The Labute approximate surface area is 109 Å². The summed E-state index contributed by atoms with van der Waals surface area (Å²) in [4.78, 5) is 0. The Morgan fingerprint density at radius 3 is 2.28 bits per heavy atom. The molecule has 2 rings (SSSR count). The molecule has 0 atom stereocenters. The van der Waals surface area contributed by atoms with Crippen LogP contribution in [-0.2, 0) is 9.31 Å². The Bertz CT molecular complexity index is 459. The fourth-order valence-electron chi connectivity index (χ4n) is 1.81. The Balaban J connectivity index is 2.36. The van der Waals surface area contributed by atoms with Crippen LogP contribution in [0, 0.1) is 6.92 Å². The van der Waals surface area contributed by atoms with Gasteiger partial charge in [-0.25, -0.2) is 0 Å². The number of H-pyrrole nitrogens is 2. The standard InChI is InChI=1S/C13H21BN2O2/c1-10-6-7-15-16-9-11(8-10)14-17-12(2,3)13(4,5)18-14/h6-9,15-16H,1-5H3. The lowest BCUT2D eigenvalue weighted by Gasteiger charge is -2.32. The van der Waals surface area contributed by atoms with Crippen LogP contribution in [0.5, 0.6) is 0 Å². The van der Waals surface area contributed by atoms with Gasteiger partial charge in [0.25, 0.3) is 0 Å². The van der Waals surface area contributed by atoms with Gasteiger partial charge in [-0.05, 0) is 46.2 Å². The molecule has 2 N–H and O–H groups in total. The second-order valence-electron chi connectivity index (χ2n) is 5.74. The number of aromatic amines is 2. The van der Waals surface area contributed by atoms with Crippen molar-refractivity contribution in [2.24, 2.45) is 0 Å². The van der Waals surface area contributed by atoms with Crippen LogP contribution in [0.25, 0.3) is 0 Å². The van der Waals surface area contributed by atoms with E-state index in [9.17, 15) is 0 Å². The van der Waals surface area contributed by atoms with E-state index in [1.165, 1.54) is 0 Å². The highest BCUT2D eigenvalue weighted by atomic mass is 16.7. The number of aryl methyl sites for hydroxylation is 1. The van der Waals surface area contributed by atoms with Gasteiger partial charge in [-0.2, -0.15) is 0 Å². The van der Waals surface area contributed by atoms with Gasteiger partial charge in [0, 0.05) is 17.9 Å². The fourth-order valence-corrected chi connectivity index (χ4v) is 1.81. The van der Waals surface area contributed by atoms with Gasteiger partial charge in [-0.1, -0.05) is 6.07 Å². The van der Waals surface area contributed by atoms with Crippen molar-refractivity contribution in [2.45, 2.75) is 45.8 Å². The van der Waals surface area contributed by atoms with Gasteiger partial charge >= 0.3 is 7.12 Å². The average Bonchev–Trinajstić information content (AvgIpc) is 2.42. The minimum absolute atomic E-state index is 0.314. The van der Waals surface area contributed by atoms with Crippen LogP contribution in [0.4, 0.5) is 0 Å². The molecule has 98 valence electrons. The third-order valence-electron chi connectivity index (χ3n) is 3.67. The van der Waals surface area contributed by atoms with Gasteiger partial charge in [-0.15, -0.1) is 0 Å². The largest absolute Gasteiger partial charge is 0.496 e. The van der Waals surface area contributed by atoms with Crippen molar-refractivity contribution in [1.82, 2.24) is 10.2 Å². The Hall–Kier alpha value is -1.20. The summed E-state index contributed by atoms with van der Waals surface area (Å²) in [7, 11) is -0.342. The SMILES string of the molecule is Cc1cc[nH][nH]cc(B2OC(C)(C)C(C)(C)O2)c1. The summed E-state index contributed by atoms with van der Waals surface area (Å²) in [6, 6.07) is 4.05. The van der Waals surface area contributed by atoms with Gasteiger partial charge in [0.15, 0.2) is 0 Å². The van der Waals surface area contributed by atoms with Crippen LogP contribution in [-0.4, -0.2) is 28.5 Å². The van der Waals surface area contributed by atoms with Crippen molar-refractivity contribution in [3.05, 3.63) is 30.1 Å². The van der Waals surface area contributed by atoms with E-state index in [1.807, 2.05) is 25.4 Å². The summed E-state index contributed by atoms with van der Waals surface area (Å²) in [6.07, 6.45) is 3.72. The van der Waals surface area contributed by atoms with Gasteiger partial charge < -0.3 is 19.5 Å². The Morgan fingerprint density at radius 2 is 1.67 bits per heavy atom. The normalized spacial score (nSPS) is 20.8. The maximum absolute atomic E-state index is 6.02. The maximum atomic E-state index is 6.02. The van der Waals surface area contributed by atoms with Gasteiger partial charge in [0.2, 0.25) is 0 Å². The lowest BCUT2D eigenvalue weighted by molar-refractivity contribution is 0.00578. The average molecular weight is 248 g/mol. The molecular weight excluding hydrogens is 227 g/mol. The molecule has 0 amide bonds. The molecule has 5 heteroatoms. The van der Waals surface area contributed by atoms with Crippen molar-refractivity contribution < 1.29 is 9.31 Å². The molecule has 1 fully saturated rings. The molecule has 1 aliphatic heterocycles. The molecule has 1 aromatic rings. The number of aromatic nitrogens is 2. The highest BCUT2D eigenvalue weighted by molar-refractivity contribution is 6.62. The van der Waals surface area contributed by atoms with E-state index in [4.69, 9.17) is 9.31 Å². The van der Waals surface area contributed by atoms with Crippen LogP contribution >= 0.6 is 0 Å². The summed E-state index contributed by atoms with van der Waals surface area (Å²) < 4.78 is 12.0. The molecule has 1 aliphatic rings. The van der Waals surface area contributed by atoms with E-state index in [-0.39, 0.29) is 18.3 Å². The highest BCUT2D eigenvalue weighted by Crippen LogP contribution is 2.36. The van der Waals surface area contributed by atoms with Gasteiger partial charge in [-0.3, -0.25) is 0 Å². The minimum Gasteiger partial charge on any atom is -0.399 e. The quantitative estimate of drug-likeness (QED) is 0.747. The predicted molar refractivity (Wildman–Crippen MR) is 73.2 cm³/mol.